The van der Waals surface area contributed by atoms with Gasteiger partial charge in [-0.05, 0) is 30.5 Å². The molecule has 3 N–H and O–H groups in total. The van der Waals surface area contributed by atoms with Crippen LogP contribution in [0.25, 0.3) is 0 Å². The first kappa shape index (κ1) is 15.7. The van der Waals surface area contributed by atoms with Crippen LogP contribution in [0.1, 0.15) is 31.2 Å². The summed E-state index contributed by atoms with van der Waals surface area (Å²) in [6.45, 7) is 0.542. The largest absolute Gasteiger partial charge is 0.349 e. The summed E-state index contributed by atoms with van der Waals surface area (Å²) in [6.07, 6.45) is 4.35. The minimum atomic E-state index is -0.141. The summed E-state index contributed by atoms with van der Waals surface area (Å²) in [5, 5.41) is 3.87. The van der Waals surface area contributed by atoms with E-state index in [1.165, 1.54) is 5.56 Å². The first-order valence-corrected chi connectivity index (χ1v) is 8.50. The van der Waals surface area contributed by atoms with E-state index in [0.717, 1.165) is 36.5 Å². The molecule has 0 aliphatic heterocycles. The molecule has 3 nitrogen and oxygen atoms in total. The molecule has 1 fully saturated rings. The van der Waals surface area contributed by atoms with Crippen molar-refractivity contribution in [2.24, 2.45) is 5.73 Å². The van der Waals surface area contributed by atoms with E-state index in [0.29, 0.717) is 12.3 Å². The van der Waals surface area contributed by atoms with Crippen LogP contribution in [0.2, 0.25) is 5.02 Å². The molecule has 2 rings (SSSR count). The minimum Gasteiger partial charge on any atom is -0.349 e. The van der Waals surface area contributed by atoms with Gasteiger partial charge in [0.15, 0.2) is 0 Å². The zero-order valence-electron chi connectivity index (χ0n) is 11.5. The molecule has 0 atom stereocenters. The van der Waals surface area contributed by atoms with Crippen LogP contribution in [0.3, 0.4) is 0 Å². The molecule has 5 heteroatoms. The van der Waals surface area contributed by atoms with Crippen molar-refractivity contribution in [2.75, 3.05) is 12.3 Å². The lowest BCUT2D eigenvalue weighted by molar-refractivity contribution is -0.120. The highest BCUT2D eigenvalue weighted by atomic mass is 35.5. The molecule has 1 aliphatic carbocycles. The summed E-state index contributed by atoms with van der Waals surface area (Å²) in [6, 6.07) is 7.73. The summed E-state index contributed by atoms with van der Waals surface area (Å²) < 4.78 is 0. The number of carbonyl (C=O) groups is 1. The van der Waals surface area contributed by atoms with Gasteiger partial charge in [-0.3, -0.25) is 4.79 Å². The van der Waals surface area contributed by atoms with Crippen molar-refractivity contribution in [2.45, 2.75) is 37.0 Å². The molecule has 0 saturated heterocycles. The van der Waals surface area contributed by atoms with Crippen molar-refractivity contribution >= 4 is 29.3 Å². The molecular formula is C15H21ClN2OS. The van der Waals surface area contributed by atoms with Gasteiger partial charge in [0, 0.05) is 17.3 Å². The van der Waals surface area contributed by atoms with E-state index in [2.05, 4.69) is 5.32 Å². The Morgan fingerprint density at radius 3 is 2.55 bits per heavy atom. The Morgan fingerprint density at radius 1 is 1.30 bits per heavy atom. The molecule has 0 radical (unpaired) electrons. The second-order valence-electron chi connectivity index (χ2n) is 5.36. The Hall–Kier alpha value is -0.710. The third-order valence-corrected chi connectivity index (χ3v) is 5.03. The fraction of sp³-hybridized carbons (Fsp3) is 0.533. The van der Waals surface area contributed by atoms with Crippen LogP contribution in [-0.2, 0) is 10.5 Å². The Labute approximate surface area is 129 Å². The Kier molecular flexibility index (Phi) is 5.75. The van der Waals surface area contributed by atoms with Gasteiger partial charge in [0.1, 0.15) is 0 Å². The lowest BCUT2D eigenvalue weighted by atomic mass is 9.98. The van der Waals surface area contributed by atoms with Crippen molar-refractivity contribution < 1.29 is 4.79 Å². The van der Waals surface area contributed by atoms with Crippen LogP contribution >= 0.6 is 23.4 Å². The molecule has 1 amide bonds. The van der Waals surface area contributed by atoms with Gasteiger partial charge in [-0.25, -0.2) is 0 Å². The van der Waals surface area contributed by atoms with Gasteiger partial charge in [-0.15, -0.1) is 11.8 Å². The van der Waals surface area contributed by atoms with E-state index >= 15 is 0 Å². The maximum atomic E-state index is 12.0. The number of hydrogen-bond donors (Lipinski definition) is 2. The maximum absolute atomic E-state index is 12.0. The molecule has 0 aromatic heterocycles. The molecule has 110 valence electrons. The van der Waals surface area contributed by atoms with E-state index in [9.17, 15) is 4.79 Å². The van der Waals surface area contributed by atoms with Gasteiger partial charge in [0.2, 0.25) is 5.91 Å². The van der Waals surface area contributed by atoms with Crippen molar-refractivity contribution in [1.29, 1.82) is 0 Å². The van der Waals surface area contributed by atoms with Gasteiger partial charge in [0.25, 0.3) is 0 Å². The number of amides is 1. The molecule has 0 bridgehead atoms. The fourth-order valence-corrected chi connectivity index (χ4v) is 3.52. The number of nitrogens with one attached hydrogen (secondary N) is 1. The molecule has 1 aromatic rings. The monoisotopic (exact) mass is 312 g/mol. The third kappa shape index (κ3) is 4.40. The van der Waals surface area contributed by atoms with Crippen LogP contribution in [0.5, 0.6) is 0 Å². The normalized spacial score (nSPS) is 17.1. The third-order valence-electron chi connectivity index (χ3n) is 3.77. The molecule has 1 saturated carbocycles. The quantitative estimate of drug-likeness (QED) is 0.849. The van der Waals surface area contributed by atoms with Crippen LogP contribution in [0.15, 0.2) is 24.3 Å². The van der Waals surface area contributed by atoms with Crippen molar-refractivity contribution in [3.63, 3.8) is 0 Å². The summed E-state index contributed by atoms with van der Waals surface area (Å²) in [5.74, 6) is 1.39. The minimum absolute atomic E-state index is 0.0938. The average Bonchev–Trinajstić information content (AvgIpc) is 2.90. The molecule has 20 heavy (non-hydrogen) atoms. The van der Waals surface area contributed by atoms with Crippen LogP contribution in [0.4, 0.5) is 0 Å². The van der Waals surface area contributed by atoms with Crippen molar-refractivity contribution in [3.8, 4) is 0 Å². The Morgan fingerprint density at radius 2 is 1.95 bits per heavy atom. The number of nitrogens with two attached hydrogens (primary N) is 1. The second kappa shape index (κ2) is 7.34. The van der Waals surface area contributed by atoms with E-state index in [-0.39, 0.29) is 11.4 Å². The van der Waals surface area contributed by atoms with E-state index in [1.54, 1.807) is 11.8 Å². The van der Waals surface area contributed by atoms with Crippen LogP contribution in [-0.4, -0.2) is 23.7 Å². The topological polar surface area (TPSA) is 55.1 Å². The second-order valence-corrected chi connectivity index (χ2v) is 6.78. The predicted molar refractivity (Wildman–Crippen MR) is 86.0 cm³/mol. The molecule has 0 spiro atoms. The summed E-state index contributed by atoms with van der Waals surface area (Å²) in [5.41, 5.74) is 6.86. The molecular weight excluding hydrogens is 292 g/mol. The zero-order chi connectivity index (χ0) is 14.4. The summed E-state index contributed by atoms with van der Waals surface area (Å²) in [4.78, 5) is 12.0. The van der Waals surface area contributed by atoms with Gasteiger partial charge >= 0.3 is 0 Å². The highest BCUT2D eigenvalue weighted by Gasteiger charge is 2.33. The molecule has 1 aliphatic rings. The van der Waals surface area contributed by atoms with Crippen molar-refractivity contribution in [1.82, 2.24) is 5.32 Å². The van der Waals surface area contributed by atoms with Gasteiger partial charge in [-0.2, -0.15) is 0 Å². The molecule has 0 unspecified atom stereocenters. The lowest BCUT2D eigenvalue weighted by Gasteiger charge is -2.28. The number of rotatable bonds is 6. The number of carbonyl (C=O) groups excluding carboxylic acids is 1. The predicted octanol–water partition coefficient (Wildman–Crippen LogP) is 2.96. The summed E-state index contributed by atoms with van der Waals surface area (Å²) >= 11 is 7.46. The van der Waals surface area contributed by atoms with Crippen molar-refractivity contribution in [3.05, 3.63) is 34.9 Å². The SMILES string of the molecule is NCC1(NC(=O)CSCc2ccc(Cl)cc2)CCCC1. The Bertz CT molecular complexity index is 444. The number of benzene rings is 1. The van der Waals surface area contributed by atoms with E-state index in [4.69, 9.17) is 17.3 Å². The van der Waals surface area contributed by atoms with E-state index < -0.39 is 0 Å². The lowest BCUT2D eigenvalue weighted by Crippen LogP contribution is -2.52. The number of hydrogen-bond acceptors (Lipinski definition) is 3. The highest BCUT2D eigenvalue weighted by molar-refractivity contribution is 7.99. The van der Waals surface area contributed by atoms with Gasteiger partial charge in [0.05, 0.1) is 11.3 Å². The van der Waals surface area contributed by atoms with Gasteiger partial charge in [-0.1, -0.05) is 36.6 Å². The van der Waals surface area contributed by atoms with Crippen LogP contribution < -0.4 is 11.1 Å². The first-order valence-electron chi connectivity index (χ1n) is 6.97. The first-order chi connectivity index (χ1) is 9.63. The standard InChI is InChI=1S/C15H21ClN2OS/c16-13-5-3-12(4-6-13)9-20-10-14(19)18-15(11-17)7-1-2-8-15/h3-6H,1-2,7-11,17H2,(H,18,19). The maximum Gasteiger partial charge on any atom is 0.230 e. The average molecular weight is 313 g/mol. The number of thioether (sulfide) groups is 1. The highest BCUT2D eigenvalue weighted by Crippen LogP contribution is 2.28. The van der Waals surface area contributed by atoms with Gasteiger partial charge < -0.3 is 11.1 Å². The number of halogens is 1. The molecule has 1 aromatic carbocycles. The van der Waals surface area contributed by atoms with Crippen LogP contribution in [0, 0.1) is 0 Å². The smallest absolute Gasteiger partial charge is 0.230 e. The summed E-state index contributed by atoms with van der Waals surface area (Å²) in [7, 11) is 0. The van der Waals surface area contributed by atoms with E-state index in [1.807, 2.05) is 24.3 Å². The Balaban J connectivity index is 1.73. The fourth-order valence-electron chi connectivity index (χ4n) is 2.61. The molecule has 0 heterocycles. The zero-order valence-corrected chi connectivity index (χ0v) is 13.1.